The maximum atomic E-state index is 13.2. The second-order valence-electron chi connectivity index (χ2n) is 7.40. The minimum absolute atomic E-state index is 0.244. The average Bonchev–Trinajstić information content (AvgIpc) is 3.51. The lowest BCUT2D eigenvalue weighted by atomic mass is 9.87. The van der Waals surface area contributed by atoms with Crippen LogP contribution >= 0.6 is 27.5 Å². The van der Waals surface area contributed by atoms with Crippen molar-refractivity contribution in [1.29, 1.82) is 5.26 Å². The Kier molecular flexibility index (Phi) is 7.04. The molecule has 0 bridgehead atoms. The first-order chi connectivity index (χ1) is 14.8. The van der Waals surface area contributed by atoms with E-state index in [1.165, 1.54) is 0 Å². The zero-order valence-corrected chi connectivity index (χ0v) is 19.0. The summed E-state index contributed by atoms with van der Waals surface area (Å²) in [5.41, 5.74) is 6.25. The van der Waals surface area contributed by atoms with Gasteiger partial charge in [-0.1, -0.05) is 52.3 Å². The highest BCUT2D eigenvalue weighted by atomic mass is 79.9. The Bertz CT molecular complexity index is 1080. The normalized spacial score (nSPS) is 14.7. The summed E-state index contributed by atoms with van der Waals surface area (Å²) in [4.78, 5) is 25.3. The number of halogens is 2. The van der Waals surface area contributed by atoms with Crippen LogP contribution in [-0.2, 0) is 11.2 Å². The van der Waals surface area contributed by atoms with E-state index in [-0.39, 0.29) is 17.9 Å². The summed E-state index contributed by atoms with van der Waals surface area (Å²) in [6, 6.07) is 12.5. The lowest BCUT2D eigenvalue weighted by molar-refractivity contribution is -0.123. The van der Waals surface area contributed by atoms with E-state index >= 15 is 0 Å². The van der Waals surface area contributed by atoms with Crippen LogP contribution < -0.4 is 15.8 Å². The van der Waals surface area contributed by atoms with Crippen LogP contribution in [-0.4, -0.2) is 24.0 Å². The van der Waals surface area contributed by atoms with Gasteiger partial charge in [0.1, 0.15) is 17.9 Å². The number of hydrogen-bond acceptors (Lipinski definition) is 4. The molecule has 2 amide bonds. The molecule has 2 aromatic carbocycles. The van der Waals surface area contributed by atoms with Crippen molar-refractivity contribution in [2.24, 2.45) is 5.73 Å². The predicted octanol–water partition coefficient (Wildman–Crippen LogP) is 4.26. The fourth-order valence-electron chi connectivity index (χ4n) is 3.28. The molecule has 1 fully saturated rings. The SMILES string of the molecule is C=CCOc1ccc(C[C@H](C(=O)NC2(C#N)CC2)c2ccc(Br)cc2C(N)=O)cc1Cl. The zero-order valence-electron chi connectivity index (χ0n) is 16.7. The summed E-state index contributed by atoms with van der Waals surface area (Å²) < 4.78 is 6.17. The lowest BCUT2D eigenvalue weighted by Gasteiger charge is -2.22. The molecule has 0 saturated heterocycles. The molecule has 3 rings (SSSR count). The fourth-order valence-corrected chi connectivity index (χ4v) is 3.89. The van der Waals surface area contributed by atoms with Crippen molar-refractivity contribution in [3.05, 3.63) is 75.2 Å². The van der Waals surface area contributed by atoms with E-state index in [4.69, 9.17) is 22.1 Å². The molecule has 8 heteroatoms. The average molecular weight is 503 g/mol. The quantitative estimate of drug-likeness (QED) is 0.500. The van der Waals surface area contributed by atoms with Crippen LogP contribution in [0.4, 0.5) is 0 Å². The number of nitrogens with zero attached hydrogens (tertiary/aromatic N) is 1. The number of carbonyl (C=O) groups is 2. The van der Waals surface area contributed by atoms with Crippen LogP contribution in [0.15, 0.2) is 53.5 Å². The Labute approximate surface area is 194 Å². The highest BCUT2D eigenvalue weighted by molar-refractivity contribution is 9.10. The molecule has 0 aromatic heterocycles. The van der Waals surface area contributed by atoms with Gasteiger partial charge >= 0.3 is 0 Å². The van der Waals surface area contributed by atoms with E-state index in [9.17, 15) is 14.9 Å². The van der Waals surface area contributed by atoms with E-state index in [0.29, 0.717) is 40.3 Å². The number of rotatable bonds is 9. The molecular weight excluding hydrogens is 482 g/mol. The summed E-state index contributed by atoms with van der Waals surface area (Å²) >= 11 is 9.67. The third-order valence-corrected chi connectivity index (χ3v) is 5.88. The molecule has 0 spiro atoms. The molecule has 0 radical (unpaired) electrons. The first-order valence-electron chi connectivity index (χ1n) is 9.63. The van der Waals surface area contributed by atoms with Gasteiger partial charge in [-0.3, -0.25) is 9.59 Å². The standard InChI is InChI=1S/C23H21BrClN3O3/c1-2-9-31-20-6-3-14(11-19(20)25)10-18(22(30)28-23(13-26)7-8-23)16-5-4-15(24)12-17(16)21(27)29/h2-6,11-12,18H,1,7-10H2,(H2,27,29)(H,28,30)/t18-/m0/s1. The van der Waals surface area contributed by atoms with Crippen molar-refractivity contribution >= 4 is 39.3 Å². The van der Waals surface area contributed by atoms with Crippen LogP contribution in [0.5, 0.6) is 5.75 Å². The molecule has 0 unspecified atom stereocenters. The van der Waals surface area contributed by atoms with Crippen LogP contribution in [0.1, 0.15) is 40.2 Å². The summed E-state index contributed by atoms with van der Waals surface area (Å²) in [5, 5.41) is 12.6. The third-order valence-electron chi connectivity index (χ3n) is 5.09. The van der Waals surface area contributed by atoms with Gasteiger partial charge in [0.25, 0.3) is 0 Å². The summed E-state index contributed by atoms with van der Waals surface area (Å²) in [6.07, 6.45) is 3.08. The Balaban J connectivity index is 1.96. The van der Waals surface area contributed by atoms with Gasteiger partial charge in [-0.15, -0.1) is 0 Å². The number of nitriles is 1. The minimum Gasteiger partial charge on any atom is -0.488 e. The topological polar surface area (TPSA) is 105 Å². The number of nitrogens with one attached hydrogen (secondary N) is 1. The summed E-state index contributed by atoms with van der Waals surface area (Å²) in [5.74, 6) is -1.21. The first-order valence-corrected chi connectivity index (χ1v) is 10.8. The fraction of sp³-hybridized carbons (Fsp3) is 0.261. The van der Waals surface area contributed by atoms with E-state index in [2.05, 4.69) is 33.9 Å². The number of carbonyl (C=O) groups excluding carboxylic acids is 2. The van der Waals surface area contributed by atoms with Gasteiger partial charge in [0.05, 0.1) is 17.0 Å². The Morgan fingerprint density at radius 2 is 2.10 bits per heavy atom. The molecule has 1 saturated carbocycles. The molecular formula is C23H21BrClN3O3. The highest BCUT2D eigenvalue weighted by Gasteiger charge is 2.46. The minimum atomic E-state index is -0.836. The van der Waals surface area contributed by atoms with E-state index in [0.717, 1.165) is 5.56 Å². The smallest absolute Gasteiger partial charge is 0.249 e. The number of amides is 2. The van der Waals surface area contributed by atoms with Gasteiger partial charge in [-0.05, 0) is 54.7 Å². The Morgan fingerprint density at radius 1 is 1.35 bits per heavy atom. The van der Waals surface area contributed by atoms with Crippen molar-refractivity contribution in [2.75, 3.05) is 6.61 Å². The van der Waals surface area contributed by atoms with Crippen LogP contribution in [0.2, 0.25) is 5.02 Å². The van der Waals surface area contributed by atoms with Crippen LogP contribution in [0.3, 0.4) is 0 Å². The van der Waals surface area contributed by atoms with Crippen LogP contribution in [0, 0.1) is 11.3 Å². The summed E-state index contributed by atoms with van der Waals surface area (Å²) in [7, 11) is 0. The molecule has 6 nitrogen and oxygen atoms in total. The number of hydrogen-bond donors (Lipinski definition) is 2. The van der Waals surface area contributed by atoms with Crippen LogP contribution in [0.25, 0.3) is 0 Å². The van der Waals surface area contributed by atoms with Gasteiger partial charge in [0.2, 0.25) is 11.8 Å². The zero-order chi connectivity index (χ0) is 22.6. The molecule has 1 aliphatic rings. The Hall–Kier alpha value is -2.82. The molecule has 0 heterocycles. The molecule has 0 aliphatic heterocycles. The third kappa shape index (κ3) is 5.46. The molecule has 2 aromatic rings. The highest BCUT2D eigenvalue weighted by Crippen LogP contribution is 2.36. The monoisotopic (exact) mass is 501 g/mol. The maximum absolute atomic E-state index is 13.2. The van der Waals surface area contributed by atoms with Gasteiger partial charge in [-0.2, -0.15) is 5.26 Å². The maximum Gasteiger partial charge on any atom is 0.249 e. The molecule has 1 aliphatic carbocycles. The largest absolute Gasteiger partial charge is 0.488 e. The second kappa shape index (κ2) is 9.54. The molecule has 31 heavy (non-hydrogen) atoms. The molecule has 3 N–H and O–H groups in total. The second-order valence-corrected chi connectivity index (χ2v) is 8.72. The van der Waals surface area contributed by atoms with Crippen molar-refractivity contribution in [2.45, 2.75) is 30.7 Å². The number of benzene rings is 2. The predicted molar refractivity (Wildman–Crippen MR) is 122 cm³/mol. The van der Waals surface area contributed by atoms with E-state index in [1.54, 1.807) is 36.4 Å². The van der Waals surface area contributed by atoms with E-state index < -0.39 is 17.4 Å². The first kappa shape index (κ1) is 22.9. The van der Waals surface area contributed by atoms with Gasteiger partial charge < -0.3 is 15.8 Å². The van der Waals surface area contributed by atoms with Gasteiger partial charge in [-0.25, -0.2) is 0 Å². The van der Waals surface area contributed by atoms with Crippen molar-refractivity contribution in [1.82, 2.24) is 5.32 Å². The van der Waals surface area contributed by atoms with Crippen molar-refractivity contribution in [3.8, 4) is 11.8 Å². The van der Waals surface area contributed by atoms with Crippen molar-refractivity contribution < 1.29 is 14.3 Å². The number of ether oxygens (including phenoxy) is 1. The van der Waals surface area contributed by atoms with Gasteiger partial charge in [0, 0.05) is 10.0 Å². The number of primary amides is 1. The molecule has 1 atom stereocenters. The lowest BCUT2D eigenvalue weighted by Crippen LogP contribution is -2.40. The van der Waals surface area contributed by atoms with E-state index in [1.807, 2.05) is 6.07 Å². The van der Waals surface area contributed by atoms with Crippen molar-refractivity contribution in [3.63, 3.8) is 0 Å². The van der Waals surface area contributed by atoms with Gasteiger partial charge in [0.15, 0.2) is 0 Å². The molecule has 160 valence electrons. The summed E-state index contributed by atoms with van der Waals surface area (Å²) in [6.45, 7) is 3.93. The number of nitrogens with two attached hydrogens (primary N) is 1. The Morgan fingerprint density at radius 3 is 2.68 bits per heavy atom.